The Balaban J connectivity index is 1.68. The maximum Gasteiger partial charge on any atom is 0.292 e. The molecule has 1 fully saturated rings. The van der Waals surface area contributed by atoms with Crippen LogP contribution in [0.4, 0.5) is 11.4 Å². The number of para-hydroxylation sites is 1. The first-order valence-electron chi connectivity index (χ1n) is 7.64. The zero-order valence-electron chi connectivity index (χ0n) is 13.3. The Morgan fingerprint density at radius 1 is 1.26 bits per heavy atom. The van der Waals surface area contributed by atoms with Crippen LogP contribution in [0.5, 0.6) is 0 Å². The average molecular weight is 316 g/mol. The highest BCUT2D eigenvalue weighted by Gasteiger charge is 2.25. The Bertz CT molecular complexity index is 706. The molecule has 8 heteroatoms. The van der Waals surface area contributed by atoms with Gasteiger partial charge in [0.1, 0.15) is 11.5 Å². The van der Waals surface area contributed by atoms with Crippen molar-refractivity contribution in [1.29, 1.82) is 0 Å². The molecule has 0 radical (unpaired) electrons. The predicted molar refractivity (Wildman–Crippen MR) is 86.4 cm³/mol. The molecule has 0 amide bonds. The first-order chi connectivity index (χ1) is 11.0. The summed E-state index contributed by atoms with van der Waals surface area (Å²) in [4.78, 5) is 19.7. The molecule has 0 aliphatic carbocycles. The van der Waals surface area contributed by atoms with Crippen LogP contribution in [0, 0.1) is 24.0 Å². The van der Waals surface area contributed by atoms with E-state index in [0.29, 0.717) is 6.54 Å². The Labute approximate surface area is 134 Å². The Morgan fingerprint density at radius 2 is 2.00 bits per heavy atom. The molecule has 2 heterocycles. The summed E-state index contributed by atoms with van der Waals surface area (Å²) in [7, 11) is 0. The summed E-state index contributed by atoms with van der Waals surface area (Å²) in [5.74, 6) is 1.60. The van der Waals surface area contributed by atoms with Gasteiger partial charge in [-0.3, -0.25) is 20.1 Å². The smallest absolute Gasteiger partial charge is 0.292 e. The van der Waals surface area contributed by atoms with Gasteiger partial charge in [0.25, 0.3) is 5.69 Å². The van der Waals surface area contributed by atoms with Crippen molar-refractivity contribution in [2.45, 2.75) is 20.4 Å². The fourth-order valence-corrected chi connectivity index (χ4v) is 2.99. The molecule has 122 valence electrons. The number of piperazine rings is 1. The summed E-state index contributed by atoms with van der Waals surface area (Å²) in [6, 6.07) is 5.23. The standard InChI is InChI=1S/C15H20N6O2/c1-11-4-3-5-13(21(22)23)15(11)20-8-6-19(7-9-20)10-14-16-12(2)17-18-14/h3-5H,6-10H2,1-2H3,(H,16,17,18). The zero-order chi connectivity index (χ0) is 16.4. The van der Waals surface area contributed by atoms with Crippen LogP contribution in [0.2, 0.25) is 0 Å². The van der Waals surface area contributed by atoms with Crippen molar-refractivity contribution in [3.05, 3.63) is 45.5 Å². The number of anilines is 1. The third-order valence-corrected chi connectivity index (χ3v) is 4.11. The van der Waals surface area contributed by atoms with Crippen LogP contribution in [0.1, 0.15) is 17.2 Å². The Hall–Kier alpha value is -2.48. The minimum Gasteiger partial charge on any atom is -0.363 e. The van der Waals surface area contributed by atoms with Gasteiger partial charge in [-0.15, -0.1) is 0 Å². The monoisotopic (exact) mass is 316 g/mol. The molecule has 23 heavy (non-hydrogen) atoms. The minimum absolute atomic E-state index is 0.183. The largest absolute Gasteiger partial charge is 0.363 e. The van der Waals surface area contributed by atoms with Gasteiger partial charge in [0.05, 0.1) is 11.5 Å². The van der Waals surface area contributed by atoms with Crippen molar-refractivity contribution < 1.29 is 4.92 Å². The number of hydrogen-bond acceptors (Lipinski definition) is 6. The number of nitrogens with one attached hydrogen (secondary N) is 1. The van der Waals surface area contributed by atoms with E-state index in [1.807, 2.05) is 19.9 Å². The van der Waals surface area contributed by atoms with Crippen molar-refractivity contribution in [3.8, 4) is 0 Å². The molecule has 1 aliphatic rings. The number of hydrogen-bond donors (Lipinski definition) is 1. The highest BCUT2D eigenvalue weighted by atomic mass is 16.6. The molecule has 1 saturated heterocycles. The topological polar surface area (TPSA) is 91.2 Å². The van der Waals surface area contributed by atoms with E-state index in [2.05, 4.69) is 25.0 Å². The second-order valence-corrected chi connectivity index (χ2v) is 5.80. The van der Waals surface area contributed by atoms with Gasteiger partial charge >= 0.3 is 0 Å². The minimum atomic E-state index is -0.300. The summed E-state index contributed by atoms with van der Waals surface area (Å²) in [5, 5.41) is 18.3. The number of H-pyrrole nitrogens is 1. The van der Waals surface area contributed by atoms with Gasteiger partial charge in [0, 0.05) is 32.2 Å². The second-order valence-electron chi connectivity index (χ2n) is 5.80. The van der Waals surface area contributed by atoms with E-state index in [0.717, 1.165) is 49.1 Å². The summed E-state index contributed by atoms with van der Waals surface area (Å²) in [6.45, 7) is 7.69. The first-order valence-corrected chi connectivity index (χ1v) is 7.64. The lowest BCUT2D eigenvalue weighted by Crippen LogP contribution is -2.46. The molecule has 1 aliphatic heterocycles. The van der Waals surface area contributed by atoms with E-state index >= 15 is 0 Å². The highest BCUT2D eigenvalue weighted by Crippen LogP contribution is 2.32. The lowest BCUT2D eigenvalue weighted by atomic mass is 10.1. The van der Waals surface area contributed by atoms with E-state index < -0.39 is 0 Å². The fraction of sp³-hybridized carbons (Fsp3) is 0.467. The van der Waals surface area contributed by atoms with Crippen LogP contribution < -0.4 is 4.90 Å². The van der Waals surface area contributed by atoms with Crippen LogP contribution in [0.3, 0.4) is 0 Å². The fourth-order valence-electron chi connectivity index (χ4n) is 2.99. The third-order valence-electron chi connectivity index (χ3n) is 4.11. The number of benzene rings is 1. The maximum absolute atomic E-state index is 11.3. The van der Waals surface area contributed by atoms with Crippen molar-refractivity contribution >= 4 is 11.4 Å². The molecule has 3 rings (SSSR count). The van der Waals surface area contributed by atoms with Crippen LogP contribution >= 0.6 is 0 Å². The quantitative estimate of drug-likeness (QED) is 0.681. The van der Waals surface area contributed by atoms with E-state index in [9.17, 15) is 10.1 Å². The molecule has 0 unspecified atom stereocenters. The number of aryl methyl sites for hydroxylation is 2. The van der Waals surface area contributed by atoms with Gasteiger partial charge in [0.2, 0.25) is 0 Å². The molecule has 1 N–H and O–H groups in total. The van der Waals surface area contributed by atoms with Gasteiger partial charge in [-0.25, -0.2) is 4.98 Å². The number of nitro groups is 1. The molecule has 2 aromatic rings. The zero-order valence-corrected chi connectivity index (χ0v) is 13.3. The van der Waals surface area contributed by atoms with Crippen molar-refractivity contribution in [3.63, 3.8) is 0 Å². The van der Waals surface area contributed by atoms with E-state index in [1.165, 1.54) is 0 Å². The SMILES string of the molecule is Cc1nc(CN2CCN(c3c(C)cccc3[N+](=O)[O-])CC2)n[nH]1. The molecular formula is C15H20N6O2. The molecule has 0 bridgehead atoms. The summed E-state index contributed by atoms with van der Waals surface area (Å²) in [5.41, 5.74) is 1.87. The van der Waals surface area contributed by atoms with E-state index in [4.69, 9.17) is 0 Å². The molecule has 1 aromatic carbocycles. The van der Waals surface area contributed by atoms with E-state index in [-0.39, 0.29) is 10.6 Å². The number of aromatic nitrogens is 3. The molecule has 0 spiro atoms. The van der Waals surface area contributed by atoms with Crippen molar-refractivity contribution in [1.82, 2.24) is 20.1 Å². The number of aromatic amines is 1. The molecule has 1 aromatic heterocycles. The normalized spacial score (nSPS) is 15.8. The predicted octanol–water partition coefficient (Wildman–Crippen LogP) is 1.65. The molecular weight excluding hydrogens is 296 g/mol. The average Bonchev–Trinajstić information content (AvgIpc) is 2.93. The number of nitrogens with zero attached hydrogens (tertiary/aromatic N) is 5. The van der Waals surface area contributed by atoms with E-state index in [1.54, 1.807) is 12.1 Å². The van der Waals surface area contributed by atoms with Gasteiger partial charge in [-0.05, 0) is 19.4 Å². The molecule has 8 nitrogen and oxygen atoms in total. The summed E-state index contributed by atoms with van der Waals surface area (Å²) in [6.07, 6.45) is 0. The van der Waals surface area contributed by atoms with Crippen LogP contribution in [-0.2, 0) is 6.54 Å². The van der Waals surface area contributed by atoms with Crippen LogP contribution in [-0.4, -0.2) is 51.2 Å². The Kier molecular flexibility index (Phi) is 4.24. The van der Waals surface area contributed by atoms with Crippen LogP contribution in [0.25, 0.3) is 0 Å². The molecule has 0 atom stereocenters. The van der Waals surface area contributed by atoms with Gasteiger partial charge in [0.15, 0.2) is 5.82 Å². The second kappa shape index (κ2) is 6.33. The number of nitro benzene ring substituents is 1. The van der Waals surface area contributed by atoms with Crippen LogP contribution in [0.15, 0.2) is 18.2 Å². The number of rotatable bonds is 4. The summed E-state index contributed by atoms with van der Waals surface area (Å²) < 4.78 is 0. The van der Waals surface area contributed by atoms with Crippen molar-refractivity contribution in [2.24, 2.45) is 0 Å². The maximum atomic E-state index is 11.3. The van der Waals surface area contributed by atoms with Gasteiger partial charge < -0.3 is 4.90 Å². The van der Waals surface area contributed by atoms with Crippen molar-refractivity contribution in [2.75, 3.05) is 31.1 Å². The summed E-state index contributed by atoms with van der Waals surface area (Å²) >= 11 is 0. The van der Waals surface area contributed by atoms with Gasteiger partial charge in [-0.1, -0.05) is 12.1 Å². The lowest BCUT2D eigenvalue weighted by molar-refractivity contribution is -0.384. The first kappa shape index (κ1) is 15.4. The molecule has 0 saturated carbocycles. The third kappa shape index (κ3) is 3.31. The highest BCUT2D eigenvalue weighted by molar-refractivity contribution is 5.67. The van der Waals surface area contributed by atoms with Gasteiger partial charge in [-0.2, -0.15) is 5.10 Å². The Morgan fingerprint density at radius 3 is 2.61 bits per heavy atom. The lowest BCUT2D eigenvalue weighted by Gasteiger charge is -2.35.